The number of hydrogen-bond donors (Lipinski definition) is 1. The summed E-state index contributed by atoms with van der Waals surface area (Å²) in [6.45, 7) is 6.61. The average Bonchev–Trinajstić information content (AvgIpc) is 3.71. The first-order valence-corrected chi connectivity index (χ1v) is 15.1. The normalized spacial score (nSPS) is 19.8. The summed E-state index contributed by atoms with van der Waals surface area (Å²) < 4.78 is 47.5. The van der Waals surface area contributed by atoms with E-state index in [9.17, 15) is 13.6 Å². The van der Waals surface area contributed by atoms with Crippen molar-refractivity contribution in [3.8, 4) is 5.75 Å². The quantitative estimate of drug-likeness (QED) is 0.251. The maximum absolute atomic E-state index is 14.9. The Balaban J connectivity index is 1.01. The summed E-state index contributed by atoms with van der Waals surface area (Å²) in [5.41, 5.74) is 2.23. The Kier molecular flexibility index (Phi) is 9.11. The minimum Gasteiger partial charge on any atom is -0.493 e. The van der Waals surface area contributed by atoms with Gasteiger partial charge in [0.15, 0.2) is 0 Å². The van der Waals surface area contributed by atoms with Crippen molar-refractivity contribution in [3.63, 3.8) is 0 Å². The molecular weight excluding hydrogens is 582 g/mol. The fourth-order valence-electron chi connectivity index (χ4n) is 6.02. The highest BCUT2D eigenvalue weighted by Crippen LogP contribution is 2.42. The van der Waals surface area contributed by atoms with E-state index in [-0.39, 0.29) is 12.5 Å². The molecule has 0 aliphatic carbocycles. The molecule has 2 atom stereocenters. The largest absolute Gasteiger partial charge is 0.493 e. The van der Waals surface area contributed by atoms with E-state index in [0.29, 0.717) is 37.5 Å². The van der Waals surface area contributed by atoms with E-state index in [2.05, 4.69) is 37.3 Å². The molecule has 2 saturated heterocycles. The number of carbonyl (C=O) groups is 1. The summed E-state index contributed by atoms with van der Waals surface area (Å²) in [6.07, 6.45) is 3.01. The minimum absolute atomic E-state index is 0.000683. The molecule has 45 heavy (non-hydrogen) atoms. The average molecular weight is 619 g/mol. The van der Waals surface area contributed by atoms with Gasteiger partial charge >= 0.3 is 6.09 Å². The molecule has 0 saturated carbocycles. The number of aromatic nitrogens is 3. The Morgan fingerprint density at radius 2 is 1.69 bits per heavy atom. The summed E-state index contributed by atoms with van der Waals surface area (Å²) in [6, 6.07) is 19.4. The van der Waals surface area contributed by atoms with E-state index in [1.165, 1.54) is 18.5 Å². The van der Waals surface area contributed by atoms with Gasteiger partial charge in [0.05, 0.1) is 26.4 Å². The number of rotatable bonds is 10. The topological polar surface area (TPSA) is 94.0 Å². The molecule has 2 fully saturated rings. The van der Waals surface area contributed by atoms with Gasteiger partial charge in [-0.25, -0.2) is 23.2 Å². The lowest BCUT2D eigenvalue weighted by atomic mass is 9.87. The Morgan fingerprint density at radius 3 is 2.31 bits per heavy atom. The zero-order chi connectivity index (χ0) is 31.2. The first-order valence-electron chi connectivity index (χ1n) is 15.1. The molecule has 0 bridgehead atoms. The van der Waals surface area contributed by atoms with Crippen LogP contribution in [-0.2, 0) is 21.6 Å². The molecule has 3 heterocycles. The summed E-state index contributed by atoms with van der Waals surface area (Å²) >= 11 is 0. The predicted molar refractivity (Wildman–Crippen MR) is 166 cm³/mol. The molecule has 2 aliphatic heterocycles. The third-order valence-electron chi connectivity index (χ3n) is 8.24. The van der Waals surface area contributed by atoms with Gasteiger partial charge in [-0.3, -0.25) is 5.32 Å². The molecule has 2 aliphatic rings. The van der Waals surface area contributed by atoms with Crippen LogP contribution in [-0.4, -0.2) is 66.9 Å². The highest BCUT2D eigenvalue weighted by atomic mass is 19.1. The van der Waals surface area contributed by atoms with Crippen LogP contribution in [0.5, 0.6) is 5.75 Å². The summed E-state index contributed by atoms with van der Waals surface area (Å²) in [4.78, 5) is 20.3. The van der Waals surface area contributed by atoms with Crippen LogP contribution in [0.3, 0.4) is 0 Å². The summed E-state index contributed by atoms with van der Waals surface area (Å²) in [5.74, 6) is -0.530. The Labute approximate surface area is 260 Å². The Bertz CT molecular complexity index is 1560. The second kappa shape index (κ2) is 13.5. The molecule has 12 heteroatoms. The molecule has 236 valence electrons. The molecule has 1 N–H and O–H groups in total. The fourth-order valence-corrected chi connectivity index (χ4v) is 6.02. The molecule has 1 amide bonds. The first kappa shape index (κ1) is 30.3. The number of benzene rings is 3. The van der Waals surface area contributed by atoms with Crippen LogP contribution in [0.4, 0.5) is 30.6 Å². The van der Waals surface area contributed by atoms with Crippen molar-refractivity contribution in [3.05, 3.63) is 96.6 Å². The van der Waals surface area contributed by atoms with Gasteiger partial charge in [-0.15, -0.1) is 0 Å². The van der Waals surface area contributed by atoms with Crippen molar-refractivity contribution >= 4 is 23.2 Å². The molecule has 3 aromatic carbocycles. The van der Waals surface area contributed by atoms with Crippen LogP contribution in [0.1, 0.15) is 18.9 Å². The van der Waals surface area contributed by atoms with Crippen LogP contribution in [0.15, 0.2) is 79.4 Å². The van der Waals surface area contributed by atoms with Crippen molar-refractivity contribution in [2.75, 3.05) is 61.1 Å². The molecule has 10 nitrogen and oxygen atoms in total. The lowest BCUT2D eigenvalue weighted by Crippen LogP contribution is -2.46. The molecular formula is C33H36F2N6O4. The van der Waals surface area contributed by atoms with Crippen LogP contribution in [0.2, 0.25) is 0 Å². The van der Waals surface area contributed by atoms with Gasteiger partial charge in [0, 0.05) is 60.8 Å². The predicted octanol–water partition coefficient (Wildman–Crippen LogP) is 5.46. The molecule has 0 spiro atoms. The van der Waals surface area contributed by atoms with Crippen molar-refractivity contribution in [1.82, 2.24) is 14.8 Å². The van der Waals surface area contributed by atoms with E-state index in [1.807, 2.05) is 36.4 Å². The van der Waals surface area contributed by atoms with E-state index >= 15 is 0 Å². The van der Waals surface area contributed by atoms with Gasteiger partial charge in [-0.1, -0.05) is 6.07 Å². The second-order valence-corrected chi connectivity index (χ2v) is 11.3. The number of halogens is 2. The number of anilines is 3. The van der Waals surface area contributed by atoms with Crippen molar-refractivity contribution in [2.45, 2.75) is 25.5 Å². The molecule has 0 radical (unpaired) electrons. The SMILES string of the molecule is CCOC(=O)Nc1ccc(N2CCN(c3ccc(OC[C@@H]4CO[C@@](Cn5cncn5)(c5ccc(F)cc5F)C4)cc3)CC2)cc1. The minimum atomic E-state index is -1.01. The van der Waals surface area contributed by atoms with E-state index in [1.54, 1.807) is 17.9 Å². The number of carbonyl (C=O) groups excluding carboxylic acids is 1. The number of nitrogens with one attached hydrogen (secondary N) is 1. The third-order valence-corrected chi connectivity index (χ3v) is 8.24. The molecule has 4 aromatic rings. The Hall–Kier alpha value is -4.71. The maximum atomic E-state index is 14.9. The van der Waals surface area contributed by atoms with Crippen molar-refractivity contribution in [2.24, 2.45) is 5.92 Å². The third kappa shape index (κ3) is 7.17. The summed E-state index contributed by atoms with van der Waals surface area (Å²) in [5, 5.41) is 6.89. The van der Waals surface area contributed by atoms with Crippen LogP contribution in [0.25, 0.3) is 0 Å². The number of nitrogens with zero attached hydrogens (tertiary/aromatic N) is 5. The second-order valence-electron chi connectivity index (χ2n) is 11.3. The number of amides is 1. The van der Waals surface area contributed by atoms with E-state index in [4.69, 9.17) is 14.2 Å². The lowest BCUT2D eigenvalue weighted by Gasteiger charge is -2.37. The van der Waals surface area contributed by atoms with Gasteiger partial charge in [0.2, 0.25) is 0 Å². The standard InChI is InChI=1S/C33H36F2N6O4/c1-2-43-32(42)38-26-4-6-27(7-5-26)39-13-15-40(16-14-39)28-8-10-29(11-9-28)44-19-24-18-33(45-20-24,21-41-23-36-22-37-41)30-12-3-25(34)17-31(30)35/h3-12,17,22-24H,2,13-16,18-21H2,1H3,(H,38,42)/t24-,33+/m1/s1. The molecule has 1 aromatic heterocycles. The van der Waals surface area contributed by atoms with E-state index < -0.39 is 23.3 Å². The Morgan fingerprint density at radius 1 is 1.00 bits per heavy atom. The van der Waals surface area contributed by atoms with Gasteiger partial charge in [-0.05, 0) is 67.9 Å². The van der Waals surface area contributed by atoms with Crippen LogP contribution in [0, 0.1) is 17.6 Å². The van der Waals surface area contributed by atoms with Gasteiger partial charge in [0.25, 0.3) is 0 Å². The smallest absolute Gasteiger partial charge is 0.411 e. The summed E-state index contributed by atoms with van der Waals surface area (Å²) in [7, 11) is 0. The van der Waals surface area contributed by atoms with Gasteiger partial charge in [0.1, 0.15) is 35.6 Å². The van der Waals surface area contributed by atoms with Crippen molar-refractivity contribution in [1.29, 1.82) is 0 Å². The molecule has 6 rings (SSSR count). The lowest BCUT2D eigenvalue weighted by molar-refractivity contribution is -0.0206. The van der Waals surface area contributed by atoms with Gasteiger partial charge < -0.3 is 24.0 Å². The van der Waals surface area contributed by atoms with Gasteiger partial charge in [-0.2, -0.15) is 5.10 Å². The monoisotopic (exact) mass is 618 g/mol. The zero-order valence-electron chi connectivity index (χ0n) is 25.1. The van der Waals surface area contributed by atoms with Crippen LogP contribution >= 0.6 is 0 Å². The van der Waals surface area contributed by atoms with Crippen LogP contribution < -0.4 is 19.9 Å². The highest BCUT2D eigenvalue weighted by Gasteiger charge is 2.44. The van der Waals surface area contributed by atoms with E-state index in [0.717, 1.165) is 49.4 Å². The fraction of sp³-hybridized carbons (Fsp3) is 0.364. The zero-order valence-corrected chi connectivity index (χ0v) is 25.1. The number of hydrogen-bond acceptors (Lipinski definition) is 8. The number of ether oxygens (including phenoxy) is 3. The number of piperazine rings is 1. The van der Waals surface area contributed by atoms with Crippen molar-refractivity contribution < 1.29 is 27.8 Å². The first-order chi connectivity index (χ1) is 21.9. The molecule has 0 unspecified atom stereocenters. The maximum Gasteiger partial charge on any atom is 0.411 e. The highest BCUT2D eigenvalue weighted by molar-refractivity contribution is 5.84.